The SMILES string of the molecule is CN1CCn2c(c(O)c3c(=O)n(Cc4ccc(F)cc4)nc(Cn4ccccc4=O)c32)C1=O. The quantitative estimate of drug-likeness (QED) is 0.507. The molecule has 0 saturated heterocycles. The summed E-state index contributed by atoms with van der Waals surface area (Å²) in [6.07, 6.45) is 1.60. The molecular formula is C23H20FN5O4. The van der Waals surface area contributed by atoms with Gasteiger partial charge in [-0.05, 0) is 23.8 Å². The van der Waals surface area contributed by atoms with Gasteiger partial charge >= 0.3 is 0 Å². The fourth-order valence-electron chi connectivity index (χ4n) is 4.18. The van der Waals surface area contributed by atoms with Gasteiger partial charge in [0.2, 0.25) is 0 Å². The summed E-state index contributed by atoms with van der Waals surface area (Å²) in [5, 5.41) is 15.4. The van der Waals surface area contributed by atoms with Crippen LogP contribution in [0.15, 0.2) is 58.3 Å². The maximum absolute atomic E-state index is 13.4. The fraction of sp³-hybridized carbons (Fsp3) is 0.217. The normalized spacial score (nSPS) is 13.5. The second-order valence-electron chi connectivity index (χ2n) is 8.00. The Morgan fingerprint density at radius 2 is 1.79 bits per heavy atom. The Labute approximate surface area is 186 Å². The largest absolute Gasteiger partial charge is 0.505 e. The number of fused-ring (bicyclic) bond motifs is 3. The predicted octanol–water partition coefficient (Wildman–Crippen LogP) is 1.39. The number of halogens is 1. The zero-order valence-electron chi connectivity index (χ0n) is 17.7. The molecule has 3 aromatic heterocycles. The van der Waals surface area contributed by atoms with E-state index in [-0.39, 0.29) is 29.7 Å². The number of carbonyl (C=O) groups excluding carboxylic acids is 1. The summed E-state index contributed by atoms with van der Waals surface area (Å²) in [6.45, 7) is 0.833. The average molecular weight is 449 g/mol. The number of likely N-dealkylation sites (N-methyl/N-ethyl adjacent to an activating group) is 1. The van der Waals surface area contributed by atoms with Crippen molar-refractivity contribution in [2.75, 3.05) is 13.6 Å². The molecule has 33 heavy (non-hydrogen) atoms. The van der Waals surface area contributed by atoms with Gasteiger partial charge in [-0.15, -0.1) is 0 Å². The Bertz CT molecular complexity index is 1520. The van der Waals surface area contributed by atoms with Crippen molar-refractivity contribution in [3.8, 4) is 5.75 Å². The molecule has 1 amide bonds. The summed E-state index contributed by atoms with van der Waals surface area (Å²) in [5.41, 5.74) is 0.521. The lowest BCUT2D eigenvalue weighted by molar-refractivity contribution is 0.0747. The first kappa shape index (κ1) is 20.7. The minimum absolute atomic E-state index is 0.0234. The van der Waals surface area contributed by atoms with Crippen LogP contribution in [-0.4, -0.2) is 48.4 Å². The molecule has 1 N–H and O–H groups in total. The maximum atomic E-state index is 13.4. The second-order valence-corrected chi connectivity index (χ2v) is 8.00. The third-order valence-corrected chi connectivity index (χ3v) is 5.87. The van der Waals surface area contributed by atoms with Gasteiger partial charge in [0.25, 0.3) is 17.0 Å². The molecule has 168 valence electrons. The van der Waals surface area contributed by atoms with E-state index in [1.165, 1.54) is 44.5 Å². The van der Waals surface area contributed by atoms with E-state index < -0.39 is 23.0 Å². The van der Waals surface area contributed by atoms with E-state index in [2.05, 4.69) is 5.10 Å². The van der Waals surface area contributed by atoms with Gasteiger partial charge in [0, 0.05) is 32.4 Å². The number of hydrogen-bond acceptors (Lipinski definition) is 5. The Balaban J connectivity index is 1.76. The van der Waals surface area contributed by atoms with Crippen LogP contribution in [0.1, 0.15) is 21.7 Å². The number of rotatable bonds is 4. The van der Waals surface area contributed by atoms with Crippen LogP contribution in [0.25, 0.3) is 10.9 Å². The van der Waals surface area contributed by atoms with Crippen LogP contribution in [0.4, 0.5) is 4.39 Å². The molecule has 0 bridgehead atoms. The van der Waals surface area contributed by atoms with E-state index in [0.717, 1.165) is 0 Å². The monoisotopic (exact) mass is 449 g/mol. The van der Waals surface area contributed by atoms with Crippen LogP contribution >= 0.6 is 0 Å². The van der Waals surface area contributed by atoms with E-state index in [1.807, 2.05) is 0 Å². The summed E-state index contributed by atoms with van der Waals surface area (Å²) in [5.74, 6) is -1.20. The molecule has 0 saturated carbocycles. The lowest BCUT2D eigenvalue weighted by atomic mass is 10.2. The number of carbonyl (C=O) groups is 1. The molecule has 4 aromatic rings. The van der Waals surface area contributed by atoms with Crippen LogP contribution in [0.2, 0.25) is 0 Å². The third-order valence-electron chi connectivity index (χ3n) is 5.87. The number of hydrogen-bond donors (Lipinski definition) is 1. The molecular weight excluding hydrogens is 429 g/mol. The van der Waals surface area contributed by atoms with Crippen molar-refractivity contribution in [2.45, 2.75) is 19.6 Å². The summed E-state index contributed by atoms with van der Waals surface area (Å²) in [6, 6.07) is 10.4. The molecule has 0 spiro atoms. The number of amides is 1. The highest BCUT2D eigenvalue weighted by molar-refractivity contribution is 6.04. The van der Waals surface area contributed by atoms with Crippen LogP contribution in [0, 0.1) is 5.82 Å². The molecule has 0 aliphatic carbocycles. The molecule has 0 unspecified atom stereocenters. The van der Waals surface area contributed by atoms with Gasteiger partial charge in [0.15, 0.2) is 11.4 Å². The highest BCUT2D eigenvalue weighted by Crippen LogP contribution is 2.34. The Morgan fingerprint density at radius 1 is 1.03 bits per heavy atom. The molecule has 0 atom stereocenters. The van der Waals surface area contributed by atoms with Crippen LogP contribution in [-0.2, 0) is 19.6 Å². The third kappa shape index (κ3) is 3.39. The van der Waals surface area contributed by atoms with Gasteiger partial charge in [0.1, 0.15) is 16.9 Å². The number of benzene rings is 1. The van der Waals surface area contributed by atoms with Crippen molar-refractivity contribution in [3.05, 3.63) is 92.1 Å². The van der Waals surface area contributed by atoms with Crippen molar-refractivity contribution < 1.29 is 14.3 Å². The number of aromatic hydroxyl groups is 1. The summed E-state index contributed by atoms with van der Waals surface area (Å²) < 4.78 is 17.5. The number of pyridine rings is 1. The van der Waals surface area contributed by atoms with Crippen LogP contribution in [0.3, 0.4) is 0 Å². The highest BCUT2D eigenvalue weighted by Gasteiger charge is 2.32. The zero-order valence-corrected chi connectivity index (χ0v) is 17.7. The van der Waals surface area contributed by atoms with E-state index in [1.54, 1.807) is 29.9 Å². The first-order valence-corrected chi connectivity index (χ1v) is 10.4. The molecule has 9 nitrogen and oxygen atoms in total. The highest BCUT2D eigenvalue weighted by atomic mass is 19.1. The Morgan fingerprint density at radius 3 is 2.52 bits per heavy atom. The summed E-state index contributed by atoms with van der Waals surface area (Å²) in [7, 11) is 1.62. The zero-order chi connectivity index (χ0) is 23.3. The van der Waals surface area contributed by atoms with Gasteiger partial charge < -0.3 is 19.1 Å². The molecule has 1 aliphatic rings. The van der Waals surface area contributed by atoms with E-state index in [4.69, 9.17) is 0 Å². The van der Waals surface area contributed by atoms with Crippen LogP contribution < -0.4 is 11.1 Å². The second kappa shape index (κ2) is 7.73. The lowest BCUT2D eigenvalue weighted by Gasteiger charge is -2.25. The van der Waals surface area contributed by atoms with Gasteiger partial charge in [0.05, 0.1) is 18.6 Å². The molecule has 1 aromatic carbocycles. The minimum atomic E-state index is -0.576. The van der Waals surface area contributed by atoms with E-state index in [9.17, 15) is 23.9 Å². The molecule has 4 heterocycles. The fourth-order valence-corrected chi connectivity index (χ4v) is 4.18. The predicted molar refractivity (Wildman–Crippen MR) is 118 cm³/mol. The van der Waals surface area contributed by atoms with Gasteiger partial charge in [-0.25, -0.2) is 9.07 Å². The summed E-state index contributed by atoms with van der Waals surface area (Å²) >= 11 is 0. The molecule has 0 radical (unpaired) electrons. The molecule has 0 fully saturated rings. The van der Waals surface area contributed by atoms with E-state index in [0.29, 0.717) is 29.9 Å². The maximum Gasteiger partial charge on any atom is 0.280 e. The average Bonchev–Trinajstić information content (AvgIpc) is 3.10. The molecule has 10 heteroatoms. The standard InChI is InChI=1S/C23H20FN5O4/c1-26-10-11-28-19-16(13-27-9-3-2-4-17(27)30)25-29(12-14-5-7-15(24)8-6-14)22(32)18(19)21(31)20(28)23(26)33/h2-9,31H,10-13H2,1H3. The lowest BCUT2D eigenvalue weighted by Crippen LogP contribution is -2.37. The van der Waals surface area contributed by atoms with Crippen molar-refractivity contribution in [2.24, 2.45) is 0 Å². The minimum Gasteiger partial charge on any atom is -0.505 e. The number of nitrogens with zero attached hydrogens (tertiary/aromatic N) is 5. The summed E-state index contributed by atoms with van der Waals surface area (Å²) in [4.78, 5) is 39.9. The van der Waals surface area contributed by atoms with Crippen molar-refractivity contribution in [1.82, 2.24) is 23.8 Å². The van der Waals surface area contributed by atoms with Crippen molar-refractivity contribution in [3.63, 3.8) is 0 Å². The first-order chi connectivity index (χ1) is 15.8. The Hall–Kier alpha value is -4.21. The van der Waals surface area contributed by atoms with Crippen molar-refractivity contribution in [1.29, 1.82) is 0 Å². The number of aromatic nitrogens is 4. The van der Waals surface area contributed by atoms with Gasteiger partial charge in [-0.1, -0.05) is 18.2 Å². The molecule has 1 aliphatic heterocycles. The topological polar surface area (TPSA) is 102 Å². The Kier molecular flexibility index (Phi) is 4.85. The van der Waals surface area contributed by atoms with Gasteiger partial charge in [-0.2, -0.15) is 5.10 Å². The molecule has 5 rings (SSSR count). The van der Waals surface area contributed by atoms with Crippen LogP contribution in [0.5, 0.6) is 5.75 Å². The smallest absolute Gasteiger partial charge is 0.280 e. The first-order valence-electron chi connectivity index (χ1n) is 10.4. The van der Waals surface area contributed by atoms with E-state index >= 15 is 0 Å². The van der Waals surface area contributed by atoms with Gasteiger partial charge in [-0.3, -0.25) is 14.4 Å². The van der Waals surface area contributed by atoms with Crippen molar-refractivity contribution >= 4 is 16.8 Å².